The van der Waals surface area contributed by atoms with Crippen molar-refractivity contribution < 1.29 is 28.9 Å². The largest absolute Gasteiger partial charge is 0.305 e. The topological polar surface area (TPSA) is 77.5 Å². The Balaban J connectivity index is 4.35. The van der Waals surface area contributed by atoms with Gasteiger partial charge in [0, 0.05) is 6.20 Å². The van der Waals surface area contributed by atoms with Gasteiger partial charge in [-0.3, -0.25) is 10.3 Å². The van der Waals surface area contributed by atoms with E-state index in [1.165, 1.54) is 32.3 Å². The summed E-state index contributed by atoms with van der Waals surface area (Å²) in [5.74, 6) is 1.44. The van der Waals surface area contributed by atoms with Crippen LogP contribution in [0, 0.1) is 0 Å². The highest BCUT2D eigenvalue weighted by Gasteiger charge is 2.21. The molecule has 0 rings (SSSR count). The first-order valence-corrected chi connectivity index (χ1v) is 9.65. The van der Waals surface area contributed by atoms with Crippen molar-refractivity contribution in [3.63, 3.8) is 0 Å². The fourth-order valence-corrected chi connectivity index (χ4v) is 4.79. The highest BCUT2D eigenvalue weighted by Crippen LogP contribution is 2.78. The third kappa shape index (κ3) is 8.83. The maximum absolute atomic E-state index is 12.2. The van der Waals surface area contributed by atoms with E-state index >= 15 is 0 Å². The molecule has 0 aliphatic rings. The molecule has 0 aromatic heterocycles. The molecule has 7 nitrogen and oxygen atoms in total. The molecule has 17 heavy (non-hydrogen) atoms. The maximum Gasteiger partial charge on any atom is 0.200 e. The van der Waals surface area contributed by atoms with E-state index < -0.39 is 6.52 Å². The summed E-state index contributed by atoms with van der Waals surface area (Å²) in [6.45, 7) is 0.720. The molecule has 0 radical (unpaired) electrons. The summed E-state index contributed by atoms with van der Waals surface area (Å²) in [6.07, 6.45) is 2.76. The lowest BCUT2D eigenvalue weighted by molar-refractivity contribution is -0.165. The van der Waals surface area contributed by atoms with Crippen LogP contribution in [0.15, 0.2) is 24.7 Å². The van der Waals surface area contributed by atoms with Crippen LogP contribution in [-0.4, -0.2) is 31.0 Å². The first-order chi connectivity index (χ1) is 8.08. The molecule has 0 aromatic carbocycles. The van der Waals surface area contributed by atoms with Crippen molar-refractivity contribution in [2.75, 3.05) is 20.8 Å². The number of hydrogen-bond acceptors (Lipinski definition) is 7. The Morgan fingerprint density at radius 2 is 1.88 bits per heavy atom. The van der Waals surface area contributed by atoms with Crippen molar-refractivity contribution in [2.24, 2.45) is 0 Å². The van der Waals surface area contributed by atoms with Crippen molar-refractivity contribution in [1.29, 1.82) is 0 Å². The predicted octanol–water partition coefficient (Wildman–Crippen LogP) is 2.87. The number of rotatable bonds is 10. The van der Waals surface area contributed by atoms with E-state index in [2.05, 4.69) is 25.7 Å². The van der Waals surface area contributed by atoms with Crippen molar-refractivity contribution >= 4 is 23.5 Å². The summed E-state index contributed by atoms with van der Waals surface area (Å²) in [5, 5.41) is 9.92. The Morgan fingerprint density at radius 1 is 1.35 bits per heavy atom. The molecule has 0 heterocycles. The summed E-state index contributed by atoms with van der Waals surface area (Å²) < 4.78 is 21.5. The molecule has 2 atom stereocenters. The zero-order valence-electron chi connectivity index (χ0n) is 9.53. The second-order valence-corrected chi connectivity index (χ2v) is 11.3. The van der Waals surface area contributed by atoms with Crippen LogP contribution in [-0.2, 0) is 23.7 Å². The Morgan fingerprint density at radius 3 is 2.29 bits per heavy atom. The van der Waals surface area contributed by atoms with Gasteiger partial charge in [0.25, 0.3) is 0 Å². The summed E-state index contributed by atoms with van der Waals surface area (Å²) in [5.41, 5.74) is 0. The van der Waals surface area contributed by atoms with Gasteiger partial charge in [-0.05, 0) is 5.82 Å². The van der Waals surface area contributed by atoms with Gasteiger partial charge >= 0.3 is 0 Å². The van der Waals surface area contributed by atoms with Gasteiger partial charge in [0.1, 0.15) is 17.0 Å². The zero-order chi connectivity index (χ0) is 13.1. The molecular formula is C7H16NO6P3. The quantitative estimate of drug-likeness (QED) is 0.378. The maximum atomic E-state index is 12.2. The minimum absolute atomic E-state index is 0.169. The molecule has 0 fully saturated rings. The molecule has 0 amide bonds. The van der Waals surface area contributed by atoms with Crippen LogP contribution < -0.4 is 0 Å². The van der Waals surface area contributed by atoms with Crippen molar-refractivity contribution in [1.82, 2.24) is 5.06 Å². The van der Waals surface area contributed by atoms with E-state index in [1.54, 1.807) is 0 Å². The van der Waals surface area contributed by atoms with Gasteiger partial charge in [0.2, 0.25) is 0 Å². The first kappa shape index (κ1) is 17.2. The molecule has 100 valence electrons. The molecule has 0 spiro atoms. The lowest BCUT2D eigenvalue weighted by Gasteiger charge is -2.12. The van der Waals surface area contributed by atoms with Crippen LogP contribution in [0.2, 0.25) is 0 Å². The van der Waals surface area contributed by atoms with Crippen LogP contribution >= 0.6 is 23.5 Å². The summed E-state index contributed by atoms with van der Waals surface area (Å²) in [7, 11) is 1.89. The number of nitrogens with zero attached hydrogens (tertiary/aromatic N) is 1. The standard InChI is InChI=1S/C7H16NO6P3/c1-4-8(9)6-5-7-17(10,15-13-11-2)16-14-12-3/h4-5,7,9,15-16H,1,6H2,2-3H3/b7-5+. The minimum atomic E-state index is -2.81. The molecular weight excluding hydrogens is 287 g/mol. The van der Waals surface area contributed by atoms with Crippen LogP contribution in [0.3, 0.4) is 0 Å². The molecule has 0 saturated heterocycles. The van der Waals surface area contributed by atoms with Crippen LogP contribution in [0.4, 0.5) is 0 Å². The molecule has 0 saturated carbocycles. The average molecular weight is 303 g/mol. The number of hydrogen-bond donors (Lipinski definition) is 1. The monoisotopic (exact) mass is 303 g/mol. The molecule has 2 unspecified atom stereocenters. The van der Waals surface area contributed by atoms with E-state index in [4.69, 9.17) is 5.21 Å². The van der Waals surface area contributed by atoms with E-state index in [-0.39, 0.29) is 23.5 Å². The molecule has 0 aliphatic heterocycles. The molecule has 1 N–H and O–H groups in total. The van der Waals surface area contributed by atoms with E-state index in [1.807, 2.05) is 0 Å². The van der Waals surface area contributed by atoms with Crippen molar-refractivity contribution in [3.05, 3.63) is 24.7 Å². The third-order valence-electron chi connectivity index (χ3n) is 1.33. The fraction of sp³-hybridized carbons (Fsp3) is 0.429. The lowest BCUT2D eigenvalue weighted by Crippen LogP contribution is -2.09. The first-order valence-electron chi connectivity index (χ1n) is 4.37. The van der Waals surface area contributed by atoms with Crippen molar-refractivity contribution in [2.45, 2.75) is 0 Å². The molecule has 10 heteroatoms. The van der Waals surface area contributed by atoms with Gasteiger partial charge in [-0.15, -0.1) is 0 Å². The van der Waals surface area contributed by atoms with E-state index in [0.29, 0.717) is 0 Å². The third-order valence-corrected chi connectivity index (χ3v) is 7.60. The highest BCUT2D eigenvalue weighted by atomic mass is 32.5. The Labute approximate surface area is 103 Å². The summed E-state index contributed by atoms with van der Waals surface area (Å²) in [4.78, 5) is 8.81. The zero-order valence-corrected chi connectivity index (χ0v) is 12.4. The molecule has 0 aromatic rings. The van der Waals surface area contributed by atoms with Gasteiger partial charge in [-0.2, -0.15) is 0 Å². The van der Waals surface area contributed by atoms with E-state index in [0.717, 1.165) is 5.06 Å². The van der Waals surface area contributed by atoms with Gasteiger partial charge in [-0.1, -0.05) is 12.7 Å². The smallest absolute Gasteiger partial charge is 0.200 e. The van der Waals surface area contributed by atoms with Gasteiger partial charge in [0.15, 0.2) is 6.52 Å². The van der Waals surface area contributed by atoms with Gasteiger partial charge in [0.05, 0.1) is 20.8 Å². The highest BCUT2D eigenvalue weighted by molar-refractivity contribution is 8.54. The Kier molecular flexibility index (Phi) is 10.2. The van der Waals surface area contributed by atoms with Crippen LogP contribution in [0.1, 0.15) is 0 Å². The second kappa shape index (κ2) is 10.1. The fourth-order valence-electron chi connectivity index (χ4n) is 0.643. The lowest BCUT2D eigenvalue weighted by atomic mass is 10.6. The van der Waals surface area contributed by atoms with Gasteiger partial charge < -0.3 is 4.57 Å². The van der Waals surface area contributed by atoms with Crippen molar-refractivity contribution in [3.8, 4) is 0 Å². The Hall–Kier alpha value is 0.170. The predicted molar refractivity (Wildman–Crippen MR) is 68.3 cm³/mol. The normalized spacial score (nSPS) is 16.2. The second-order valence-electron chi connectivity index (χ2n) is 2.53. The SMILES string of the molecule is C=CN(O)C/C=C/P(=O)(POOC)POOC. The van der Waals surface area contributed by atoms with Gasteiger partial charge in [-0.25, -0.2) is 19.1 Å². The van der Waals surface area contributed by atoms with Crippen LogP contribution in [0.25, 0.3) is 0 Å². The number of hydroxylamine groups is 2. The minimum Gasteiger partial charge on any atom is -0.305 e. The van der Waals surface area contributed by atoms with E-state index in [9.17, 15) is 4.57 Å². The summed E-state index contributed by atoms with van der Waals surface area (Å²) in [6, 6.07) is 0. The van der Waals surface area contributed by atoms with Crippen LogP contribution in [0.5, 0.6) is 0 Å². The molecule has 0 bridgehead atoms. The average Bonchev–Trinajstić information content (AvgIpc) is 2.34. The Bertz CT molecular complexity index is 275. The summed E-state index contributed by atoms with van der Waals surface area (Å²) >= 11 is 0. The molecule has 0 aliphatic carbocycles.